The summed E-state index contributed by atoms with van der Waals surface area (Å²) in [5.74, 6) is 0.768. The van der Waals surface area contributed by atoms with Gasteiger partial charge >= 0.3 is 0 Å². The van der Waals surface area contributed by atoms with E-state index in [9.17, 15) is 9.59 Å². The van der Waals surface area contributed by atoms with Crippen LogP contribution in [-0.2, 0) is 4.79 Å². The number of carbonyl (C=O) groups is 2. The maximum atomic E-state index is 12.1. The molecule has 1 aliphatic heterocycles. The predicted molar refractivity (Wildman–Crippen MR) is 88.5 cm³/mol. The van der Waals surface area contributed by atoms with Crippen molar-refractivity contribution in [1.29, 1.82) is 0 Å². The van der Waals surface area contributed by atoms with Gasteiger partial charge in [-0.15, -0.1) is 0 Å². The Balaban J connectivity index is 1.95. The molecule has 4 heteroatoms. The van der Waals surface area contributed by atoms with Crippen LogP contribution in [0.5, 0.6) is 0 Å². The highest BCUT2D eigenvalue weighted by Gasteiger charge is 2.18. The molecular weight excluding hydrogens is 276 g/mol. The standard InChI is InChI=1S/C18H24N2O2/c1-14-10-12-20(13-11-14)17(21)9-6-15-4-7-16(8-5-15)18(22)19(2)3/h4-9,14H,10-13H2,1-3H3/b9-6+. The Morgan fingerprint density at radius 1 is 1.14 bits per heavy atom. The molecule has 0 aromatic heterocycles. The van der Waals surface area contributed by atoms with Crippen molar-refractivity contribution in [2.75, 3.05) is 27.2 Å². The van der Waals surface area contributed by atoms with Crippen LogP contribution in [0.25, 0.3) is 6.08 Å². The van der Waals surface area contributed by atoms with Crippen molar-refractivity contribution >= 4 is 17.9 Å². The molecule has 0 radical (unpaired) electrons. The van der Waals surface area contributed by atoms with Gasteiger partial charge in [-0.2, -0.15) is 0 Å². The molecular formula is C18H24N2O2. The van der Waals surface area contributed by atoms with Gasteiger partial charge in [0.15, 0.2) is 0 Å². The molecule has 0 N–H and O–H groups in total. The van der Waals surface area contributed by atoms with Crippen molar-refractivity contribution in [3.05, 3.63) is 41.5 Å². The molecule has 2 amide bonds. The fourth-order valence-corrected chi connectivity index (χ4v) is 2.50. The first kappa shape index (κ1) is 16.3. The summed E-state index contributed by atoms with van der Waals surface area (Å²) in [5, 5.41) is 0. The van der Waals surface area contributed by atoms with Crippen LogP contribution in [0.4, 0.5) is 0 Å². The van der Waals surface area contributed by atoms with Gasteiger partial charge in [0.2, 0.25) is 5.91 Å². The zero-order valence-corrected chi connectivity index (χ0v) is 13.6. The average Bonchev–Trinajstić information content (AvgIpc) is 2.53. The molecule has 0 saturated carbocycles. The van der Waals surface area contributed by atoms with Crippen LogP contribution in [0.3, 0.4) is 0 Å². The van der Waals surface area contributed by atoms with E-state index in [4.69, 9.17) is 0 Å². The first-order chi connectivity index (χ1) is 10.5. The Kier molecular flexibility index (Phi) is 5.36. The Bertz CT molecular complexity index is 553. The lowest BCUT2D eigenvalue weighted by atomic mass is 9.99. The van der Waals surface area contributed by atoms with Crippen LogP contribution in [0.2, 0.25) is 0 Å². The van der Waals surface area contributed by atoms with Gasteiger partial charge in [0.05, 0.1) is 0 Å². The topological polar surface area (TPSA) is 40.6 Å². The SMILES string of the molecule is CC1CCN(C(=O)/C=C/c2ccc(C(=O)N(C)C)cc2)CC1. The fraction of sp³-hybridized carbons (Fsp3) is 0.444. The van der Waals surface area contributed by atoms with E-state index in [-0.39, 0.29) is 11.8 Å². The molecule has 118 valence electrons. The molecule has 0 unspecified atom stereocenters. The lowest BCUT2D eigenvalue weighted by Crippen LogP contribution is -2.36. The van der Waals surface area contributed by atoms with E-state index in [2.05, 4.69) is 6.92 Å². The summed E-state index contributed by atoms with van der Waals surface area (Å²) >= 11 is 0. The third-order valence-corrected chi connectivity index (χ3v) is 4.08. The number of piperidine rings is 1. The third kappa shape index (κ3) is 4.20. The van der Waals surface area contributed by atoms with E-state index >= 15 is 0 Å². The van der Waals surface area contributed by atoms with Gasteiger partial charge in [0.25, 0.3) is 5.91 Å². The Labute approximate surface area is 132 Å². The first-order valence-electron chi connectivity index (χ1n) is 7.76. The highest BCUT2D eigenvalue weighted by atomic mass is 16.2. The Hall–Kier alpha value is -2.10. The number of rotatable bonds is 3. The number of hydrogen-bond donors (Lipinski definition) is 0. The lowest BCUT2D eigenvalue weighted by Gasteiger charge is -2.29. The van der Waals surface area contributed by atoms with Crippen molar-refractivity contribution < 1.29 is 9.59 Å². The lowest BCUT2D eigenvalue weighted by molar-refractivity contribution is -0.127. The quantitative estimate of drug-likeness (QED) is 0.805. The van der Waals surface area contributed by atoms with E-state index < -0.39 is 0 Å². The van der Waals surface area contributed by atoms with E-state index in [0.29, 0.717) is 5.56 Å². The van der Waals surface area contributed by atoms with E-state index in [1.165, 1.54) is 0 Å². The smallest absolute Gasteiger partial charge is 0.253 e. The minimum Gasteiger partial charge on any atom is -0.345 e. The van der Waals surface area contributed by atoms with Crippen molar-refractivity contribution in [2.45, 2.75) is 19.8 Å². The van der Waals surface area contributed by atoms with Gasteiger partial charge in [0, 0.05) is 38.8 Å². The van der Waals surface area contributed by atoms with Crippen molar-refractivity contribution in [3.63, 3.8) is 0 Å². The monoisotopic (exact) mass is 300 g/mol. The first-order valence-corrected chi connectivity index (χ1v) is 7.76. The molecule has 0 bridgehead atoms. The highest BCUT2D eigenvalue weighted by molar-refractivity contribution is 5.94. The largest absolute Gasteiger partial charge is 0.345 e. The number of carbonyl (C=O) groups excluding carboxylic acids is 2. The molecule has 1 heterocycles. The highest BCUT2D eigenvalue weighted by Crippen LogP contribution is 2.16. The minimum absolute atomic E-state index is 0.0194. The van der Waals surface area contributed by atoms with E-state index in [0.717, 1.165) is 37.4 Å². The van der Waals surface area contributed by atoms with Gasteiger partial charge in [0.1, 0.15) is 0 Å². The maximum Gasteiger partial charge on any atom is 0.253 e. The summed E-state index contributed by atoms with van der Waals surface area (Å²) in [5.41, 5.74) is 1.58. The second kappa shape index (κ2) is 7.25. The summed E-state index contributed by atoms with van der Waals surface area (Å²) in [6.07, 6.45) is 5.60. The predicted octanol–water partition coefficient (Wildman–Crippen LogP) is 2.66. The molecule has 0 aliphatic carbocycles. The van der Waals surface area contributed by atoms with Crippen LogP contribution in [0, 0.1) is 5.92 Å². The Morgan fingerprint density at radius 2 is 1.73 bits per heavy atom. The van der Waals surface area contributed by atoms with E-state index in [1.807, 2.05) is 23.1 Å². The summed E-state index contributed by atoms with van der Waals surface area (Å²) in [6.45, 7) is 3.93. The number of benzene rings is 1. The second-order valence-electron chi connectivity index (χ2n) is 6.16. The molecule has 1 aliphatic rings. The average molecular weight is 300 g/mol. The van der Waals surface area contributed by atoms with Crippen molar-refractivity contribution in [3.8, 4) is 0 Å². The number of hydrogen-bond acceptors (Lipinski definition) is 2. The van der Waals surface area contributed by atoms with Crippen LogP contribution in [0.15, 0.2) is 30.3 Å². The van der Waals surface area contributed by atoms with Crippen LogP contribution in [-0.4, -0.2) is 48.8 Å². The number of amides is 2. The molecule has 1 saturated heterocycles. The molecule has 1 fully saturated rings. The molecule has 0 atom stereocenters. The summed E-state index contributed by atoms with van der Waals surface area (Å²) in [7, 11) is 3.46. The van der Waals surface area contributed by atoms with Gasteiger partial charge in [-0.25, -0.2) is 0 Å². The van der Waals surface area contributed by atoms with Crippen LogP contribution in [0.1, 0.15) is 35.7 Å². The van der Waals surface area contributed by atoms with Crippen LogP contribution >= 0.6 is 0 Å². The normalized spacial score (nSPS) is 16.0. The van der Waals surface area contributed by atoms with Crippen molar-refractivity contribution in [1.82, 2.24) is 9.80 Å². The summed E-state index contributed by atoms with van der Waals surface area (Å²) in [4.78, 5) is 27.4. The van der Waals surface area contributed by atoms with Gasteiger partial charge < -0.3 is 9.80 Å². The molecule has 0 spiro atoms. The zero-order chi connectivity index (χ0) is 16.1. The second-order valence-corrected chi connectivity index (χ2v) is 6.16. The molecule has 1 aromatic rings. The van der Waals surface area contributed by atoms with E-state index in [1.54, 1.807) is 37.2 Å². The summed E-state index contributed by atoms with van der Waals surface area (Å²) in [6, 6.07) is 7.29. The minimum atomic E-state index is -0.0194. The maximum absolute atomic E-state index is 12.1. The number of likely N-dealkylation sites (tertiary alicyclic amines) is 1. The van der Waals surface area contributed by atoms with Gasteiger partial charge in [-0.05, 0) is 42.5 Å². The zero-order valence-electron chi connectivity index (χ0n) is 13.6. The summed E-state index contributed by atoms with van der Waals surface area (Å²) < 4.78 is 0. The third-order valence-electron chi connectivity index (χ3n) is 4.08. The molecule has 2 rings (SSSR count). The van der Waals surface area contributed by atoms with Crippen molar-refractivity contribution in [2.24, 2.45) is 5.92 Å². The molecule has 4 nitrogen and oxygen atoms in total. The van der Waals surface area contributed by atoms with Gasteiger partial charge in [-0.3, -0.25) is 9.59 Å². The molecule has 1 aromatic carbocycles. The fourth-order valence-electron chi connectivity index (χ4n) is 2.50. The van der Waals surface area contributed by atoms with Gasteiger partial charge in [-0.1, -0.05) is 19.1 Å². The Morgan fingerprint density at radius 3 is 2.27 bits per heavy atom. The number of nitrogens with zero attached hydrogens (tertiary/aromatic N) is 2. The molecule has 22 heavy (non-hydrogen) atoms. The van der Waals surface area contributed by atoms with Crippen LogP contribution < -0.4 is 0 Å².